The number of hydrogen-bond donors (Lipinski definition) is 1. The van der Waals surface area contributed by atoms with Crippen molar-refractivity contribution in [2.45, 2.75) is 26.9 Å². The van der Waals surface area contributed by atoms with Gasteiger partial charge in [-0.1, -0.05) is 32.0 Å². The highest BCUT2D eigenvalue weighted by atomic mass is 16.5. The van der Waals surface area contributed by atoms with Gasteiger partial charge in [-0.25, -0.2) is 0 Å². The molecule has 0 radical (unpaired) electrons. The molecular formula is C13H21NO. The number of rotatable bonds is 6. The lowest BCUT2D eigenvalue weighted by Gasteiger charge is -2.16. The largest absolute Gasteiger partial charge is 0.382 e. The van der Waals surface area contributed by atoms with Gasteiger partial charge in [-0.05, 0) is 25.0 Å². The first-order valence-corrected chi connectivity index (χ1v) is 5.59. The van der Waals surface area contributed by atoms with Crippen LogP contribution in [0, 0.1) is 5.92 Å². The summed E-state index contributed by atoms with van der Waals surface area (Å²) in [4.78, 5) is 0. The second kappa shape index (κ2) is 6.46. The summed E-state index contributed by atoms with van der Waals surface area (Å²) in [5.41, 5.74) is 1.15. The van der Waals surface area contributed by atoms with Crippen LogP contribution >= 0.6 is 0 Å². The monoisotopic (exact) mass is 207 g/mol. The zero-order valence-corrected chi connectivity index (χ0v) is 9.86. The lowest BCUT2D eigenvalue weighted by Crippen LogP contribution is -2.21. The topological polar surface area (TPSA) is 21.3 Å². The van der Waals surface area contributed by atoms with E-state index in [0.29, 0.717) is 5.92 Å². The van der Waals surface area contributed by atoms with Gasteiger partial charge in [0, 0.05) is 18.8 Å². The van der Waals surface area contributed by atoms with Crippen LogP contribution in [0.5, 0.6) is 0 Å². The number of nitrogens with one attached hydrogen (secondary N) is 1. The van der Waals surface area contributed by atoms with Crippen molar-refractivity contribution in [2.75, 3.05) is 18.5 Å². The summed E-state index contributed by atoms with van der Waals surface area (Å²) in [5.74, 6) is 0.601. The van der Waals surface area contributed by atoms with E-state index in [9.17, 15) is 0 Å². The van der Waals surface area contributed by atoms with E-state index in [-0.39, 0.29) is 6.10 Å². The van der Waals surface area contributed by atoms with E-state index in [1.807, 2.05) is 18.2 Å². The van der Waals surface area contributed by atoms with Gasteiger partial charge in [-0.3, -0.25) is 0 Å². The molecule has 1 rings (SSSR count). The van der Waals surface area contributed by atoms with E-state index < -0.39 is 0 Å². The second-order valence-electron chi connectivity index (χ2n) is 4.28. The highest BCUT2D eigenvalue weighted by Gasteiger charge is 2.02. The van der Waals surface area contributed by atoms with Crippen molar-refractivity contribution in [2.24, 2.45) is 5.92 Å². The Kier molecular flexibility index (Phi) is 5.19. The van der Waals surface area contributed by atoms with Crippen LogP contribution in [0.3, 0.4) is 0 Å². The fourth-order valence-corrected chi connectivity index (χ4v) is 1.23. The van der Waals surface area contributed by atoms with Crippen molar-refractivity contribution in [3.63, 3.8) is 0 Å². The maximum Gasteiger partial charge on any atom is 0.0719 e. The number of anilines is 1. The van der Waals surface area contributed by atoms with E-state index >= 15 is 0 Å². The molecule has 0 aliphatic heterocycles. The fourth-order valence-electron chi connectivity index (χ4n) is 1.23. The molecule has 0 aromatic heterocycles. The molecule has 2 heteroatoms. The lowest BCUT2D eigenvalue weighted by atomic mass is 10.2. The maximum absolute atomic E-state index is 5.66. The van der Waals surface area contributed by atoms with Crippen LogP contribution in [0.1, 0.15) is 20.8 Å². The van der Waals surface area contributed by atoms with Crippen LogP contribution in [0.15, 0.2) is 30.3 Å². The summed E-state index contributed by atoms with van der Waals surface area (Å²) in [6.45, 7) is 8.11. The number of ether oxygens (including phenoxy) is 1. The summed E-state index contributed by atoms with van der Waals surface area (Å²) >= 11 is 0. The van der Waals surface area contributed by atoms with Crippen molar-refractivity contribution in [3.8, 4) is 0 Å². The first kappa shape index (κ1) is 12.1. The SMILES string of the molecule is CC(C)COC(C)CNc1ccccc1. The van der Waals surface area contributed by atoms with E-state index in [1.165, 1.54) is 0 Å². The Morgan fingerprint density at radius 2 is 1.80 bits per heavy atom. The van der Waals surface area contributed by atoms with E-state index in [2.05, 4.69) is 38.2 Å². The highest BCUT2D eigenvalue weighted by molar-refractivity contribution is 5.42. The van der Waals surface area contributed by atoms with Crippen LogP contribution in [0.25, 0.3) is 0 Å². The molecule has 0 saturated carbocycles. The predicted octanol–water partition coefficient (Wildman–Crippen LogP) is 3.16. The fraction of sp³-hybridized carbons (Fsp3) is 0.538. The molecule has 0 aliphatic rings. The van der Waals surface area contributed by atoms with Crippen molar-refractivity contribution < 1.29 is 4.74 Å². The van der Waals surface area contributed by atoms with Crippen LogP contribution in [0.4, 0.5) is 5.69 Å². The molecular weight excluding hydrogens is 186 g/mol. The Morgan fingerprint density at radius 1 is 1.13 bits per heavy atom. The van der Waals surface area contributed by atoms with Crippen molar-refractivity contribution in [1.29, 1.82) is 0 Å². The number of para-hydroxylation sites is 1. The Labute approximate surface area is 92.6 Å². The highest BCUT2D eigenvalue weighted by Crippen LogP contribution is 2.05. The molecule has 2 nitrogen and oxygen atoms in total. The Hall–Kier alpha value is -1.02. The molecule has 1 aromatic carbocycles. The number of benzene rings is 1. The van der Waals surface area contributed by atoms with Gasteiger partial charge >= 0.3 is 0 Å². The van der Waals surface area contributed by atoms with Crippen LogP contribution in [-0.4, -0.2) is 19.3 Å². The molecule has 0 fully saturated rings. The minimum atomic E-state index is 0.257. The molecule has 0 spiro atoms. The first-order valence-electron chi connectivity index (χ1n) is 5.59. The smallest absolute Gasteiger partial charge is 0.0719 e. The average Bonchev–Trinajstić information content (AvgIpc) is 2.25. The zero-order chi connectivity index (χ0) is 11.1. The van der Waals surface area contributed by atoms with E-state index in [0.717, 1.165) is 18.8 Å². The standard InChI is InChI=1S/C13H21NO/c1-11(2)10-15-12(3)9-14-13-7-5-4-6-8-13/h4-8,11-12,14H,9-10H2,1-3H3. The third kappa shape index (κ3) is 5.43. The van der Waals surface area contributed by atoms with Gasteiger partial charge in [0.25, 0.3) is 0 Å². The van der Waals surface area contributed by atoms with Gasteiger partial charge in [-0.2, -0.15) is 0 Å². The quantitative estimate of drug-likeness (QED) is 0.773. The molecule has 1 atom stereocenters. The lowest BCUT2D eigenvalue weighted by molar-refractivity contribution is 0.0556. The van der Waals surface area contributed by atoms with Crippen LogP contribution in [-0.2, 0) is 4.74 Å². The predicted molar refractivity (Wildman–Crippen MR) is 65.2 cm³/mol. The zero-order valence-electron chi connectivity index (χ0n) is 9.86. The van der Waals surface area contributed by atoms with Gasteiger partial charge in [0.2, 0.25) is 0 Å². The molecule has 0 bridgehead atoms. The van der Waals surface area contributed by atoms with Gasteiger partial charge < -0.3 is 10.1 Å². The molecule has 0 amide bonds. The molecule has 1 unspecified atom stereocenters. The molecule has 1 aromatic rings. The third-order valence-corrected chi connectivity index (χ3v) is 2.08. The maximum atomic E-state index is 5.66. The summed E-state index contributed by atoms with van der Waals surface area (Å²) in [6.07, 6.45) is 0.257. The third-order valence-electron chi connectivity index (χ3n) is 2.08. The molecule has 0 aliphatic carbocycles. The van der Waals surface area contributed by atoms with Gasteiger partial charge in [0.05, 0.1) is 6.10 Å². The van der Waals surface area contributed by atoms with Gasteiger partial charge in [0.15, 0.2) is 0 Å². The van der Waals surface area contributed by atoms with Crippen LogP contribution < -0.4 is 5.32 Å². The first-order chi connectivity index (χ1) is 7.18. The van der Waals surface area contributed by atoms with Crippen molar-refractivity contribution in [1.82, 2.24) is 0 Å². The Balaban J connectivity index is 2.19. The summed E-state index contributed by atoms with van der Waals surface area (Å²) in [6, 6.07) is 10.2. The molecule has 0 saturated heterocycles. The normalized spacial score (nSPS) is 12.8. The molecule has 0 heterocycles. The number of hydrogen-bond acceptors (Lipinski definition) is 2. The van der Waals surface area contributed by atoms with E-state index in [4.69, 9.17) is 4.74 Å². The van der Waals surface area contributed by atoms with Crippen molar-refractivity contribution >= 4 is 5.69 Å². The minimum Gasteiger partial charge on any atom is -0.382 e. The summed E-state index contributed by atoms with van der Waals surface area (Å²) in [7, 11) is 0. The Morgan fingerprint density at radius 3 is 2.40 bits per heavy atom. The molecule has 1 N–H and O–H groups in total. The van der Waals surface area contributed by atoms with Crippen LogP contribution in [0.2, 0.25) is 0 Å². The summed E-state index contributed by atoms with van der Waals surface area (Å²) in [5, 5.41) is 3.34. The van der Waals surface area contributed by atoms with Gasteiger partial charge in [-0.15, -0.1) is 0 Å². The summed E-state index contributed by atoms with van der Waals surface area (Å²) < 4.78 is 5.66. The Bertz CT molecular complexity index is 258. The average molecular weight is 207 g/mol. The van der Waals surface area contributed by atoms with Gasteiger partial charge in [0.1, 0.15) is 0 Å². The molecule has 84 valence electrons. The minimum absolute atomic E-state index is 0.257. The van der Waals surface area contributed by atoms with E-state index in [1.54, 1.807) is 0 Å². The van der Waals surface area contributed by atoms with Crippen molar-refractivity contribution in [3.05, 3.63) is 30.3 Å². The second-order valence-corrected chi connectivity index (χ2v) is 4.28. The molecule has 15 heavy (non-hydrogen) atoms.